The first-order valence-electron chi connectivity index (χ1n) is 5.23. The zero-order valence-electron chi connectivity index (χ0n) is 9.49. The molecule has 0 atom stereocenters. The molecule has 0 unspecified atom stereocenters. The molecule has 1 aromatic heterocycles. The molecule has 0 saturated heterocycles. The van der Waals surface area contributed by atoms with Crippen LogP contribution in [0.5, 0.6) is 0 Å². The van der Waals surface area contributed by atoms with Gasteiger partial charge in [-0.15, -0.1) is 0 Å². The third kappa shape index (κ3) is 2.37. The number of aryl methyl sites for hydroxylation is 1. The van der Waals surface area contributed by atoms with Gasteiger partial charge in [0.1, 0.15) is 0 Å². The molecule has 2 aromatic rings. The molecule has 0 fully saturated rings. The fourth-order valence-electron chi connectivity index (χ4n) is 1.52. The van der Waals surface area contributed by atoms with Crippen molar-refractivity contribution in [2.24, 2.45) is 0 Å². The highest BCUT2D eigenvalue weighted by molar-refractivity contribution is 5.68. The Bertz CT molecular complexity index is 565. The molecule has 0 radical (unpaired) electrons. The van der Waals surface area contributed by atoms with E-state index < -0.39 is 0 Å². The Balaban J connectivity index is 2.14. The number of benzene rings is 1. The van der Waals surface area contributed by atoms with Crippen LogP contribution in [0.4, 0.5) is 11.4 Å². The highest BCUT2D eigenvalue weighted by Gasteiger charge is 2.03. The first kappa shape index (κ1) is 11.0. The van der Waals surface area contributed by atoms with Gasteiger partial charge in [0.2, 0.25) is 0 Å². The van der Waals surface area contributed by atoms with Crippen molar-refractivity contribution in [3.8, 4) is 6.07 Å². The summed E-state index contributed by atoms with van der Waals surface area (Å²) in [6.07, 6.45) is 1.77. The average molecular weight is 227 g/mol. The Morgan fingerprint density at radius 1 is 1.53 bits per heavy atom. The van der Waals surface area contributed by atoms with Gasteiger partial charge >= 0.3 is 0 Å². The first-order valence-corrected chi connectivity index (χ1v) is 5.23. The van der Waals surface area contributed by atoms with E-state index in [1.165, 1.54) is 0 Å². The minimum Gasteiger partial charge on any atom is -0.397 e. The average Bonchev–Trinajstić information content (AvgIpc) is 2.74. The summed E-state index contributed by atoms with van der Waals surface area (Å²) in [5.41, 5.74) is 9.91. The summed E-state index contributed by atoms with van der Waals surface area (Å²) in [7, 11) is 0. The van der Waals surface area contributed by atoms with Crippen LogP contribution >= 0.6 is 0 Å². The van der Waals surface area contributed by atoms with E-state index in [-0.39, 0.29) is 0 Å². The van der Waals surface area contributed by atoms with Gasteiger partial charge in [0.25, 0.3) is 0 Å². The molecule has 0 aliphatic rings. The lowest BCUT2D eigenvalue weighted by molar-refractivity contribution is 1.04. The molecule has 0 amide bonds. The Morgan fingerprint density at radius 2 is 2.35 bits per heavy atom. The predicted octanol–water partition coefficient (Wildman–Crippen LogP) is 1.78. The Labute approximate surface area is 99.3 Å². The molecule has 2 rings (SSSR count). The Hall–Kier alpha value is -2.48. The van der Waals surface area contributed by atoms with Crippen LogP contribution in [0.3, 0.4) is 0 Å². The summed E-state index contributed by atoms with van der Waals surface area (Å²) in [5.74, 6) is 0. The number of anilines is 2. The minimum absolute atomic E-state index is 0.589. The maximum absolute atomic E-state index is 8.82. The number of nitrogens with one attached hydrogen (secondary N) is 2. The number of rotatable bonds is 3. The Kier molecular flexibility index (Phi) is 2.97. The summed E-state index contributed by atoms with van der Waals surface area (Å²) >= 11 is 0. The largest absolute Gasteiger partial charge is 0.397 e. The second-order valence-corrected chi connectivity index (χ2v) is 3.79. The quantitative estimate of drug-likeness (QED) is 0.697. The van der Waals surface area contributed by atoms with Crippen LogP contribution in [-0.4, -0.2) is 10.2 Å². The van der Waals surface area contributed by atoms with Crippen molar-refractivity contribution in [3.63, 3.8) is 0 Å². The summed E-state index contributed by atoms with van der Waals surface area (Å²) in [6.45, 7) is 2.58. The standard InChI is InChI=1S/C12H13N5/c1-8-10(7-16-17-8)6-15-12-4-9(5-13)2-3-11(12)14/h2-4,7,15H,6,14H2,1H3,(H,16,17). The molecule has 86 valence electrons. The van der Waals surface area contributed by atoms with Crippen LogP contribution in [0.25, 0.3) is 0 Å². The number of nitrogens with two attached hydrogens (primary N) is 1. The van der Waals surface area contributed by atoms with Crippen LogP contribution in [0.2, 0.25) is 0 Å². The first-order chi connectivity index (χ1) is 8.20. The van der Waals surface area contributed by atoms with E-state index in [4.69, 9.17) is 11.0 Å². The van der Waals surface area contributed by atoms with E-state index in [0.717, 1.165) is 16.9 Å². The van der Waals surface area contributed by atoms with Crippen molar-refractivity contribution in [2.75, 3.05) is 11.1 Å². The van der Waals surface area contributed by atoms with Crippen molar-refractivity contribution in [1.29, 1.82) is 5.26 Å². The minimum atomic E-state index is 0.589. The lowest BCUT2D eigenvalue weighted by atomic mass is 10.2. The van der Waals surface area contributed by atoms with E-state index in [0.29, 0.717) is 17.8 Å². The Morgan fingerprint density at radius 3 is 3.00 bits per heavy atom. The molecular weight excluding hydrogens is 214 g/mol. The number of aromatic amines is 1. The van der Waals surface area contributed by atoms with Crippen LogP contribution in [-0.2, 0) is 6.54 Å². The molecule has 5 heteroatoms. The van der Waals surface area contributed by atoms with E-state index in [9.17, 15) is 0 Å². The van der Waals surface area contributed by atoms with Crippen LogP contribution < -0.4 is 11.1 Å². The second-order valence-electron chi connectivity index (χ2n) is 3.79. The highest BCUT2D eigenvalue weighted by Crippen LogP contribution is 2.20. The van der Waals surface area contributed by atoms with Gasteiger partial charge in [-0.05, 0) is 25.1 Å². The summed E-state index contributed by atoms with van der Waals surface area (Å²) < 4.78 is 0. The molecule has 0 saturated carbocycles. The molecule has 0 aliphatic heterocycles. The second kappa shape index (κ2) is 4.58. The van der Waals surface area contributed by atoms with Crippen molar-refractivity contribution in [2.45, 2.75) is 13.5 Å². The number of nitrogen functional groups attached to an aromatic ring is 1. The maximum Gasteiger partial charge on any atom is 0.0992 e. The van der Waals surface area contributed by atoms with E-state index >= 15 is 0 Å². The highest BCUT2D eigenvalue weighted by atomic mass is 15.1. The molecule has 0 aliphatic carbocycles. The van der Waals surface area contributed by atoms with Gasteiger partial charge in [-0.25, -0.2) is 0 Å². The molecule has 5 nitrogen and oxygen atoms in total. The zero-order valence-corrected chi connectivity index (χ0v) is 9.49. The lowest BCUT2D eigenvalue weighted by Gasteiger charge is -2.08. The number of hydrogen-bond donors (Lipinski definition) is 3. The van der Waals surface area contributed by atoms with E-state index in [1.54, 1.807) is 24.4 Å². The van der Waals surface area contributed by atoms with Crippen molar-refractivity contribution in [1.82, 2.24) is 10.2 Å². The fraction of sp³-hybridized carbons (Fsp3) is 0.167. The molecular formula is C12H13N5. The number of hydrogen-bond acceptors (Lipinski definition) is 4. The molecule has 17 heavy (non-hydrogen) atoms. The summed E-state index contributed by atoms with van der Waals surface area (Å²) in [4.78, 5) is 0. The van der Waals surface area contributed by atoms with Gasteiger partial charge in [-0.1, -0.05) is 0 Å². The number of aromatic nitrogens is 2. The molecule has 0 spiro atoms. The van der Waals surface area contributed by atoms with Crippen LogP contribution in [0.1, 0.15) is 16.8 Å². The fourth-order valence-corrected chi connectivity index (χ4v) is 1.52. The smallest absolute Gasteiger partial charge is 0.0992 e. The normalized spacial score (nSPS) is 9.88. The van der Waals surface area contributed by atoms with Crippen molar-refractivity contribution < 1.29 is 0 Å². The van der Waals surface area contributed by atoms with Gasteiger partial charge in [0.05, 0.1) is 29.2 Å². The lowest BCUT2D eigenvalue weighted by Crippen LogP contribution is -2.03. The van der Waals surface area contributed by atoms with Gasteiger partial charge in [0.15, 0.2) is 0 Å². The topological polar surface area (TPSA) is 90.5 Å². The van der Waals surface area contributed by atoms with Gasteiger partial charge in [-0.3, -0.25) is 5.10 Å². The van der Waals surface area contributed by atoms with E-state index in [2.05, 4.69) is 21.6 Å². The van der Waals surface area contributed by atoms with Gasteiger partial charge in [0, 0.05) is 17.8 Å². The maximum atomic E-state index is 8.82. The summed E-state index contributed by atoms with van der Waals surface area (Å²) in [6, 6.07) is 7.25. The number of nitrogens with zero attached hydrogens (tertiary/aromatic N) is 2. The monoisotopic (exact) mass is 227 g/mol. The third-order valence-electron chi connectivity index (χ3n) is 2.59. The van der Waals surface area contributed by atoms with Gasteiger partial charge in [-0.2, -0.15) is 10.4 Å². The summed E-state index contributed by atoms with van der Waals surface area (Å²) in [5, 5.41) is 18.8. The zero-order chi connectivity index (χ0) is 12.3. The molecule has 0 bridgehead atoms. The number of nitriles is 1. The molecule has 4 N–H and O–H groups in total. The van der Waals surface area contributed by atoms with Gasteiger partial charge < -0.3 is 11.1 Å². The van der Waals surface area contributed by atoms with Crippen molar-refractivity contribution >= 4 is 11.4 Å². The predicted molar refractivity (Wildman–Crippen MR) is 66.2 cm³/mol. The SMILES string of the molecule is Cc1[nH]ncc1CNc1cc(C#N)ccc1N. The molecule has 1 heterocycles. The third-order valence-corrected chi connectivity index (χ3v) is 2.59. The van der Waals surface area contributed by atoms with Crippen LogP contribution in [0.15, 0.2) is 24.4 Å². The number of H-pyrrole nitrogens is 1. The van der Waals surface area contributed by atoms with Crippen molar-refractivity contribution in [3.05, 3.63) is 41.2 Å². The van der Waals surface area contributed by atoms with Crippen LogP contribution in [0, 0.1) is 18.3 Å². The molecule has 1 aromatic carbocycles. The van der Waals surface area contributed by atoms with E-state index in [1.807, 2.05) is 6.92 Å².